The summed E-state index contributed by atoms with van der Waals surface area (Å²) in [7, 11) is 1.61. The molecule has 1 heterocycles. The van der Waals surface area contributed by atoms with Crippen molar-refractivity contribution in [3.8, 4) is 17.2 Å². The van der Waals surface area contributed by atoms with Crippen molar-refractivity contribution in [1.82, 2.24) is 25.5 Å². The molecule has 1 atom stereocenters. The number of tetrazole rings is 1. The number of rotatable bonds is 10. The predicted molar refractivity (Wildman–Crippen MR) is 109 cm³/mol. The molecule has 0 spiro atoms. The van der Waals surface area contributed by atoms with E-state index < -0.39 is 0 Å². The third-order valence-electron chi connectivity index (χ3n) is 4.71. The second-order valence-electron chi connectivity index (χ2n) is 6.78. The van der Waals surface area contributed by atoms with Gasteiger partial charge in [-0.05, 0) is 53.6 Å². The van der Waals surface area contributed by atoms with E-state index in [4.69, 9.17) is 9.47 Å². The molecule has 0 saturated heterocycles. The summed E-state index contributed by atoms with van der Waals surface area (Å²) in [5.74, 6) is 1.84. The Morgan fingerprint density at radius 2 is 1.93 bits per heavy atom. The lowest BCUT2D eigenvalue weighted by atomic mass is 10.1. The molecule has 154 valence electrons. The van der Waals surface area contributed by atoms with Crippen molar-refractivity contribution in [2.24, 2.45) is 0 Å². The SMILES string of the molecule is CC[C@H](CO)NCc1ccc(OCc2nnnn2-c2ccc(C)cc2)c(OC)c1. The number of hydrogen-bond acceptors (Lipinski definition) is 7. The maximum atomic E-state index is 9.30. The van der Waals surface area contributed by atoms with Crippen molar-refractivity contribution in [3.63, 3.8) is 0 Å². The van der Waals surface area contributed by atoms with Crippen LogP contribution in [0, 0.1) is 6.92 Å². The van der Waals surface area contributed by atoms with Gasteiger partial charge in [0.25, 0.3) is 0 Å². The molecule has 0 aliphatic rings. The van der Waals surface area contributed by atoms with Crippen LogP contribution in [0.25, 0.3) is 5.69 Å². The van der Waals surface area contributed by atoms with Crippen LogP contribution in [0.4, 0.5) is 0 Å². The van der Waals surface area contributed by atoms with Gasteiger partial charge in [-0.15, -0.1) is 5.10 Å². The first-order chi connectivity index (χ1) is 14.1. The van der Waals surface area contributed by atoms with E-state index in [2.05, 4.69) is 20.8 Å². The third-order valence-corrected chi connectivity index (χ3v) is 4.71. The minimum absolute atomic E-state index is 0.0811. The number of methoxy groups -OCH3 is 1. The summed E-state index contributed by atoms with van der Waals surface area (Å²) < 4.78 is 13.1. The topological polar surface area (TPSA) is 94.3 Å². The molecule has 8 nitrogen and oxygen atoms in total. The molecule has 0 unspecified atom stereocenters. The normalized spacial score (nSPS) is 12.0. The molecule has 3 aromatic rings. The van der Waals surface area contributed by atoms with Crippen molar-refractivity contribution in [2.45, 2.75) is 39.5 Å². The van der Waals surface area contributed by atoms with E-state index in [9.17, 15) is 5.11 Å². The number of hydrogen-bond donors (Lipinski definition) is 2. The zero-order valence-corrected chi connectivity index (χ0v) is 17.0. The fraction of sp³-hybridized carbons (Fsp3) is 0.381. The summed E-state index contributed by atoms with van der Waals surface area (Å²) in [5, 5.41) is 24.5. The van der Waals surface area contributed by atoms with Crippen molar-refractivity contribution < 1.29 is 14.6 Å². The lowest BCUT2D eigenvalue weighted by Gasteiger charge is -2.15. The fourth-order valence-corrected chi connectivity index (χ4v) is 2.87. The Morgan fingerprint density at radius 3 is 2.62 bits per heavy atom. The van der Waals surface area contributed by atoms with Gasteiger partial charge < -0.3 is 19.9 Å². The summed E-state index contributed by atoms with van der Waals surface area (Å²) in [5.41, 5.74) is 3.09. The van der Waals surface area contributed by atoms with Crippen molar-refractivity contribution in [2.75, 3.05) is 13.7 Å². The van der Waals surface area contributed by atoms with Crippen molar-refractivity contribution >= 4 is 0 Å². The lowest BCUT2D eigenvalue weighted by Crippen LogP contribution is -2.31. The standard InChI is InChI=1S/C21H27N5O3/c1-4-17(13-27)22-12-16-7-10-19(20(11-16)28-3)29-14-21-23-24-25-26(21)18-8-5-15(2)6-9-18/h5-11,17,22,27H,4,12-14H2,1-3H3/t17-/m1/s1. The molecule has 8 heteroatoms. The highest BCUT2D eigenvalue weighted by Crippen LogP contribution is 2.29. The molecule has 0 saturated carbocycles. The summed E-state index contributed by atoms with van der Waals surface area (Å²) >= 11 is 0. The van der Waals surface area contributed by atoms with Gasteiger partial charge in [0.2, 0.25) is 0 Å². The van der Waals surface area contributed by atoms with Gasteiger partial charge in [0, 0.05) is 12.6 Å². The summed E-state index contributed by atoms with van der Waals surface area (Å²) in [6.07, 6.45) is 0.866. The Kier molecular flexibility index (Phi) is 7.15. The van der Waals surface area contributed by atoms with Gasteiger partial charge in [-0.1, -0.05) is 30.7 Å². The van der Waals surface area contributed by atoms with Crippen LogP contribution in [0.5, 0.6) is 11.5 Å². The van der Waals surface area contributed by atoms with E-state index in [0.29, 0.717) is 23.9 Å². The van der Waals surface area contributed by atoms with Crippen molar-refractivity contribution in [1.29, 1.82) is 0 Å². The Bertz CT molecular complexity index is 907. The maximum Gasteiger partial charge on any atom is 0.194 e. The highest BCUT2D eigenvalue weighted by molar-refractivity contribution is 5.43. The number of aliphatic hydroxyl groups excluding tert-OH is 1. The van der Waals surface area contributed by atoms with Crippen LogP contribution in [0.15, 0.2) is 42.5 Å². The molecule has 0 radical (unpaired) electrons. The second kappa shape index (κ2) is 9.99. The van der Waals surface area contributed by atoms with E-state index in [1.807, 2.05) is 56.3 Å². The molecule has 0 amide bonds. The number of nitrogens with zero attached hydrogens (tertiary/aromatic N) is 4. The Labute approximate surface area is 170 Å². The average molecular weight is 397 g/mol. The van der Waals surface area contributed by atoms with Gasteiger partial charge in [0.15, 0.2) is 23.9 Å². The first-order valence-electron chi connectivity index (χ1n) is 9.62. The van der Waals surface area contributed by atoms with Crippen LogP contribution in [0.1, 0.15) is 30.3 Å². The minimum atomic E-state index is 0.0811. The zero-order valence-electron chi connectivity index (χ0n) is 17.0. The molecule has 29 heavy (non-hydrogen) atoms. The molecule has 2 N–H and O–H groups in total. The molecule has 0 aliphatic heterocycles. The van der Waals surface area contributed by atoms with Gasteiger partial charge in [-0.2, -0.15) is 4.68 Å². The zero-order chi connectivity index (χ0) is 20.6. The first-order valence-corrected chi connectivity index (χ1v) is 9.62. The smallest absolute Gasteiger partial charge is 0.194 e. The molecule has 3 rings (SSSR count). The fourth-order valence-electron chi connectivity index (χ4n) is 2.87. The van der Waals surface area contributed by atoms with E-state index in [1.54, 1.807) is 11.8 Å². The van der Waals surface area contributed by atoms with E-state index in [1.165, 1.54) is 5.56 Å². The molecule has 0 fully saturated rings. The molecular formula is C21H27N5O3. The Hall–Kier alpha value is -2.97. The number of aryl methyl sites for hydroxylation is 1. The monoisotopic (exact) mass is 397 g/mol. The summed E-state index contributed by atoms with van der Waals surface area (Å²) in [6.45, 7) is 5.03. The second-order valence-corrected chi connectivity index (χ2v) is 6.78. The number of aliphatic hydroxyl groups is 1. The van der Waals surface area contributed by atoms with Gasteiger partial charge in [-0.3, -0.25) is 0 Å². The van der Waals surface area contributed by atoms with Crippen LogP contribution in [-0.2, 0) is 13.2 Å². The van der Waals surface area contributed by atoms with E-state index in [-0.39, 0.29) is 19.3 Å². The van der Waals surface area contributed by atoms with Crippen LogP contribution < -0.4 is 14.8 Å². The third kappa shape index (κ3) is 5.30. The van der Waals surface area contributed by atoms with E-state index >= 15 is 0 Å². The summed E-state index contributed by atoms with van der Waals surface area (Å²) in [6, 6.07) is 13.8. The van der Waals surface area contributed by atoms with Gasteiger partial charge >= 0.3 is 0 Å². The maximum absolute atomic E-state index is 9.30. The summed E-state index contributed by atoms with van der Waals surface area (Å²) in [4.78, 5) is 0. The minimum Gasteiger partial charge on any atom is -0.493 e. The Balaban J connectivity index is 1.68. The number of benzene rings is 2. The molecular weight excluding hydrogens is 370 g/mol. The number of aromatic nitrogens is 4. The average Bonchev–Trinajstić information content (AvgIpc) is 3.22. The first kappa shape index (κ1) is 20.8. The highest BCUT2D eigenvalue weighted by atomic mass is 16.5. The van der Waals surface area contributed by atoms with Crippen LogP contribution >= 0.6 is 0 Å². The van der Waals surface area contributed by atoms with Gasteiger partial charge in [0.1, 0.15) is 0 Å². The molecule has 1 aromatic heterocycles. The lowest BCUT2D eigenvalue weighted by molar-refractivity contribution is 0.238. The number of ether oxygens (including phenoxy) is 2. The van der Waals surface area contributed by atoms with Gasteiger partial charge in [-0.25, -0.2) is 0 Å². The van der Waals surface area contributed by atoms with Crippen molar-refractivity contribution in [3.05, 3.63) is 59.4 Å². The predicted octanol–water partition coefficient (Wildman–Crippen LogP) is 2.42. The molecule has 2 aromatic carbocycles. The molecule has 0 aliphatic carbocycles. The largest absolute Gasteiger partial charge is 0.493 e. The quantitative estimate of drug-likeness (QED) is 0.542. The van der Waals surface area contributed by atoms with Gasteiger partial charge in [0.05, 0.1) is 19.4 Å². The van der Waals surface area contributed by atoms with Crippen LogP contribution in [0.3, 0.4) is 0 Å². The van der Waals surface area contributed by atoms with Crippen LogP contribution in [-0.4, -0.2) is 45.1 Å². The van der Waals surface area contributed by atoms with Crippen LogP contribution in [0.2, 0.25) is 0 Å². The van der Waals surface area contributed by atoms with E-state index in [0.717, 1.165) is 17.7 Å². The Morgan fingerprint density at radius 1 is 1.14 bits per heavy atom. The molecule has 0 bridgehead atoms. The number of nitrogens with one attached hydrogen (secondary N) is 1. The highest BCUT2D eigenvalue weighted by Gasteiger charge is 2.12.